The van der Waals surface area contributed by atoms with Gasteiger partial charge in [-0.1, -0.05) is 32.3 Å². The predicted octanol–water partition coefficient (Wildman–Crippen LogP) is 3.67. The summed E-state index contributed by atoms with van der Waals surface area (Å²) < 4.78 is 5.58. The molecule has 0 saturated carbocycles. The number of carbonyl (C=O) groups excluding carboxylic acids is 1. The first-order chi connectivity index (χ1) is 7.61. The number of amides is 1. The van der Waals surface area contributed by atoms with Crippen LogP contribution in [0.1, 0.15) is 27.7 Å². The fourth-order valence-corrected chi connectivity index (χ4v) is 2.93. The molecule has 1 unspecified atom stereocenters. The minimum Gasteiger partial charge on any atom is -0.446 e. The van der Waals surface area contributed by atoms with Crippen LogP contribution in [0.5, 0.6) is 0 Å². The molecule has 0 aromatic rings. The summed E-state index contributed by atoms with van der Waals surface area (Å²) in [5.41, 5.74) is -0.130. The molecule has 0 fully saturated rings. The van der Waals surface area contributed by atoms with Crippen molar-refractivity contribution in [3.8, 4) is 0 Å². The van der Waals surface area contributed by atoms with E-state index in [1.165, 1.54) is 0 Å². The van der Waals surface area contributed by atoms with Gasteiger partial charge in [0.2, 0.25) is 0 Å². The lowest BCUT2D eigenvalue weighted by molar-refractivity contribution is 0.0767. The molecule has 0 aromatic carbocycles. The van der Waals surface area contributed by atoms with E-state index in [1.807, 2.05) is 27.7 Å². The molecule has 100 valence electrons. The molecule has 0 aliphatic rings. The molecular formula is C13H27NO2Si. The highest BCUT2D eigenvalue weighted by atomic mass is 28.3. The van der Waals surface area contributed by atoms with Crippen molar-refractivity contribution in [2.24, 2.45) is 0 Å². The molecule has 1 atom stereocenters. The highest BCUT2D eigenvalue weighted by Gasteiger charge is 2.31. The van der Waals surface area contributed by atoms with Crippen molar-refractivity contribution in [2.75, 3.05) is 0 Å². The molecule has 0 rings (SSSR count). The first-order valence-corrected chi connectivity index (χ1v) is 9.80. The van der Waals surface area contributed by atoms with Gasteiger partial charge in [-0.3, -0.25) is 0 Å². The second-order valence-electron chi connectivity index (χ2n) is 6.00. The van der Waals surface area contributed by atoms with Crippen LogP contribution in [0.4, 0.5) is 4.79 Å². The molecule has 3 nitrogen and oxygen atoms in total. The van der Waals surface area contributed by atoms with Crippen molar-refractivity contribution < 1.29 is 9.53 Å². The van der Waals surface area contributed by atoms with Crippen LogP contribution >= 0.6 is 0 Å². The van der Waals surface area contributed by atoms with Gasteiger partial charge in [0.05, 0.1) is 8.07 Å². The van der Waals surface area contributed by atoms with E-state index in [0.29, 0.717) is 0 Å². The molecule has 0 saturated heterocycles. The smallest absolute Gasteiger partial charge is 0.410 e. The van der Waals surface area contributed by atoms with E-state index in [4.69, 9.17) is 4.74 Å². The third-order valence-corrected chi connectivity index (χ3v) is 4.68. The maximum atomic E-state index is 12.1. The maximum absolute atomic E-state index is 12.1. The molecule has 17 heavy (non-hydrogen) atoms. The normalized spacial score (nSPS) is 13.7. The van der Waals surface area contributed by atoms with E-state index in [2.05, 4.69) is 26.2 Å². The molecular weight excluding hydrogens is 230 g/mol. The monoisotopic (exact) mass is 257 g/mol. The van der Waals surface area contributed by atoms with Crippen molar-refractivity contribution in [1.29, 1.82) is 0 Å². The SMILES string of the molecule is C=CC(OC(=O)N(C(C)C)C(C)C)[Si](C)(C)C. The Morgan fingerprint density at radius 1 is 1.18 bits per heavy atom. The van der Waals surface area contributed by atoms with E-state index in [-0.39, 0.29) is 23.9 Å². The average molecular weight is 257 g/mol. The quantitative estimate of drug-likeness (QED) is 0.555. The first-order valence-electron chi connectivity index (χ1n) is 6.22. The Kier molecular flexibility index (Phi) is 5.95. The molecule has 0 bridgehead atoms. The van der Waals surface area contributed by atoms with Crippen LogP contribution in [0.25, 0.3) is 0 Å². The maximum Gasteiger partial charge on any atom is 0.410 e. The van der Waals surface area contributed by atoms with Crippen LogP contribution < -0.4 is 0 Å². The molecule has 0 aromatic heterocycles. The zero-order valence-corrected chi connectivity index (χ0v) is 13.3. The van der Waals surface area contributed by atoms with Crippen molar-refractivity contribution in [1.82, 2.24) is 4.90 Å². The Hall–Kier alpha value is -0.773. The number of hydrogen-bond acceptors (Lipinski definition) is 2. The standard InChI is InChI=1S/C13H27NO2Si/c1-9-12(17(6,7)8)16-13(15)14(10(2)3)11(4)5/h9-12H,1H2,2-8H3. The highest BCUT2D eigenvalue weighted by Crippen LogP contribution is 2.16. The minimum absolute atomic E-state index is 0.130. The number of carbonyl (C=O) groups is 1. The molecule has 0 spiro atoms. The zero-order chi connectivity index (χ0) is 13.8. The summed E-state index contributed by atoms with van der Waals surface area (Å²) in [6, 6.07) is 0.296. The Labute approximate surface area is 107 Å². The van der Waals surface area contributed by atoms with Crippen LogP contribution in [0.2, 0.25) is 19.6 Å². The van der Waals surface area contributed by atoms with E-state index < -0.39 is 8.07 Å². The summed E-state index contributed by atoms with van der Waals surface area (Å²) in [7, 11) is -1.55. The van der Waals surface area contributed by atoms with Gasteiger partial charge >= 0.3 is 6.09 Å². The van der Waals surface area contributed by atoms with Gasteiger partial charge in [0, 0.05) is 12.1 Å². The molecule has 0 heterocycles. The van der Waals surface area contributed by atoms with Gasteiger partial charge in [-0.25, -0.2) is 4.79 Å². The predicted molar refractivity (Wildman–Crippen MR) is 75.9 cm³/mol. The topological polar surface area (TPSA) is 29.5 Å². The van der Waals surface area contributed by atoms with Crippen molar-refractivity contribution >= 4 is 14.2 Å². The van der Waals surface area contributed by atoms with Crippen molar-refractivity contribution in [3.05, 3.63) is 12.7 Å². The van der Waals surface area contributed by atoms with Crippen LogP contribution in [0.3, 0.4) is 0 Å². The molecule has 0 N–H and O–H groups in total. The van der Waals surface area contributed by atoms with Crippen LogP contribution in [0.15, 0.2) is 12.7 Å². The summed E-state index contributed by atoms with van der Waals surface area (Å²) in [4.78, 5) is 13.9. The Morgan fingerprint density at radius 2 is 1.59 bits per heavy atom. The number of nitrogens with zero attached hydrogens (tertiary/aromatic N) is 1. The third kappa shape index (κ3) is 4.94. The lowest BCUT2D eigenvalue weighted by Gasteiger charge is -2.33. The second kappa shape index (κ2) is 6.24. The molecule has 1 amide bonds. The van der Waals surface area contributed by atoms with Gasteiger partial charge in [-0.15, -0.1) is 0 Å². The van der Waals surface area contributed by atoms with Crippen LogP contribution in [-0.4, -0.2) is 36.9 Å². The van der Waals surface area contributed by atoms with Gasteiger partial charge in [-0.05, 0) is 27.7 Å². The Balaban J connectivity index is 4.76. The zero-order valence-electron chi connectivity index (χ0n) is 12.3. The Morgan fingerprint density at radius 3 is 1.82 bits per heavy atom. The largest absolute Gasteiger partial charge is 0.446 e. The van der Waals surface area contributed by atoms with E-state index in [9.17, 15) is 4.79 Å². The number of hydrogen-bond donors (Lipinski definition) is 0. The van der Waals surface area contributed by atoms with Gasteiger partial charge in [0.25, 0.3) is 0 Å². The van der Waals surface area contributed by atoms with Crippen molar-refractivity contribution in [2.45, 2.75) is 65.1 Å². The average Bonchev–Trinajstić information content (AvgIpc) is 2.10. The summed E-state index contributed by atoms with van der Waals surface area (Å²) in [5.74, 6) is 0. The molecule has 0 aliphatic carbocycles. The Bertz CT molecular complexity index is 261. The highest BCUT2D eigenvalue weighted by molar-refractivity contribution is 6.77. The van der Waals surface area contributed by atoms with Crippen LogP contribution in [-0.2, 0) is 4.74 Å². The number of ether oxygens (including phenoxy) is 1. The van der Waals surface area contributed by atoms with E-state index in [0.717, 1.165) is 0 Å². The third-order valence-electron chi connectivity index (χ3n) is 2.62. The van der Waals surface area contributed by atoms with Gasteiger partial charge in [0.15, 0.2) is 0 Å². The summed E-state index contributed by atoms with van der Waals surface area (Å²) in [6.07, 6.45) is 1.52. The molecule has 0 aliphatic heterocycles. The summed E-state index contributed by atoms with van der Waals surface area (Å²) in [5, 5.41) is 0. The second-order valence-corrected chi connectivity index (χ2v) is 11.3. The van der Waals surface area contributed by atoms with Gasteiger partial charge in [-0.2, -0.15) is 0 Å². The molecule has 0 radical (unpaired) electrons. The lowest BCUT2D eigenvalue weighted by Crippen LogP contribution is -2.47. The van der Waals surface area contributed by atoms with Gasteiger partial charge in [0.1, 0.15) is 5.73 Å². The fourth-order valence-electron chi connectivity index (χ4n) is 1.77. The van der Waals surface area contributed by atoms with E-state index in [1.54, 1.807) is 11.0 Å². The van der Waals surface area contributed by atoms with Gasteiger partial charge < -0.3 is 9.64 Å². The van der Waals surface area contributed by atoms with E-state index >= 15 is 0 Å². The van der Waals surface area contributed by atoms with Crippen molar-refractivity contribution in [3.63, 3.8) is 0 Å². The lowest BCUT2D eigenvalue weighted by atomic mass is 10.2. The summed E-state index contributed by atoms with van der Waals surface area (Å²) >= 11 is 0. The first kappa shape index (κ1) is 16.2. The van der Waals surface area contributed by atoms with Crippen LogP contribution in [0, 0.1) is 0 Å². The molecule has 4 heteroatoms. The minimum atomic E-state index is -1.55. The fraction of sp³-hybridized carbons (Fsp3) is 0.769. The summed E-state index contributed by atoms with van der Waals surface area (Å²) in [6.45, 7) is 18.3. The number of rotatable bonds is 5.